The van der Waals surface area contributed by atoms with E-state index >= 15 is 0 Å². The zero-order chi connectivity index (χ0) is 20.2. The van der Waals surface area contributed by atoms with Crippen molar-refractivity contribution >= 4 is 35.2 Å². The number of aliphatic hydroxyl groups excluding tert-OH is 2. The second kappa shape index (κ2) is 6.60. The first kappa shape index (κ1) is 19.0. The van der Waals surface area contributed by atoms with Crippen LogP contribution >= 0.6 is 7.82 Å². The van der Waals surface area contributed by atoms with Crippen LogP contribution in [0.5, 0.6) is 0 Å². The quantitative estimate of drug-likeness (QED) is 0.274. The lowest BCUT2D eigenvalue weighted by molar-refractivity contribution is -0.0579. The van der Waals surface area contributed by atoms with Crippen molar-refractivity contribution in [1.29, 1.82) is 0 Å². The van der Waals surface area contributed by atoms with Gasteiger partial charge in [0.1, 0.15) is 23.8 Å². The van der Waals surface area contributed by atoms with E-state index in [0.29, 0.717) is 21.8 Å². The van der Waals surface area contributed by atoms with Crippen molar-refractivity contribution in [2.45, 2.75) is 24.5 Å². The van der Waals surface area contributed by atoms with Crippen LogP contribution in [0.4, 0.5) is 5.69 Å². The molecule has 1 fully saturated rings. The lowest BCUT2D eigenvalue weighted by atomic mass is 10.1. The second-order valence-corrected chi connectivity index (χ2v) is 7.57. The van der Waals surface area contributed by atoms with E-state index in [9.17, 15) is 19.6 Å². The predicted octanol–water partition coefficient (Wildman–Crippen LogP) is -1.42. The van der Waals surface area contributed by atoms with Gasteiger partial charge < -0.3 is 30.5 Å². The fourth-order valence-corrected chi connectivity index (χ4v) is 3.55. The molecule has 2 aromatic heterocycles. The van der Waals surface area contributed by atoms with Crippen molar-refractivity contribution in [3.63, 3.8) is 0 Å². The standard InChI is InChI=1S/C14H16N5O8P/c15-7-1-5-10-6(7)3-19(18-8(10)2-16-17-13(5)22)14-12(21)11(20)9(27-14)4-26-28(23,24)25/h1-3,9,11-12,14,20-21H,4,15H2,(H,17,22)(H2,23,24,25)/t9-,11-,12-,14-/m1/s1. The van der Waals surface area contributed by atoms with Crippen LogP contribution in [0.1, 0.15) is 6.23 Å². The van der Waals surface area contributed by atoms with E-state index in [4.69, 9.17) is 20.3 Å². The molecule has 0 bridgehead atoms. The van der Waals surface area contributed by atoms with Gasteiger partial charge in [-0.25, -0.2) is 14.3 Å². The number of nitrogens with two attached hydrogens (primary N) is 1. The summed E-state index contributed by atoms with van der Waals surface area (Å²) in [6.45, 7) is -0.642. The highest BCUT2D eigenvalue weighted by Gasteiger charge is 2.45. The molecule has 1 saturated heterocycles. The van der Waals surface area contributed by atoms with Crippen LogP contribution in [0.15, 0.2) is 23.3 Å². The number of H-pyrrole nitrogens is 1. The molecule has 3 aromatic rings. The predicted molar refractivity (Wildman–Crippen MR) is 94.0 cm³/mol. The zero-order valence-corrected chi connectivity index (χ0v) is 14.9. The summed E-state index contributed by atoms with van der Waals surface area (Å²) in [4.78, 5) is 29.6. The molecule has 1 aliphatic rings. The molecule has 4 rings (SSSR count). The molecule has 0 spiro atoms. The van der Waals surface area contributed by atoms with Crippen LogP contribution in [-0.4, -0.2) is 64.9 Å². The molecule has 0 aliphatic carbocycles. The summed E-state index contributed by atoms with van der Waals surface area (Å²) in [5, 5.41) is 32.0. The van der Waals surface area contributed by atoms with Crippen molar-refractivity contribution in [3.8, 4) is 0 Å². The Bertz CT molecular complexity index is 1160. The normalized spacial score (nSPS) is 25.7. The lowest BCUT2D eigenvalue weighted by Gasteiger charge is -2.18. The third-order valence-corrected chi connectivity index (χ3v) is 4.98. The molecular weight excluding hydrogens is 397 g/mol. The molecule has 1 aromatic carbocycles. The van der Waals surface area contributed by atoms with E-state index in [1.807, 2.05) is 0 Å². The van der Waals surface area contributed by atoms with Gasteiger partial charge in [-0.2, -0.15) is 10.2 Å². The van der Waals surface area contributed by atoms with Crippen LogP contribution in [0.2, 0.25) is 0 Å². The molecule has 14 heteroatoms. The Morgan fingerprint density at radius 2 is 2.07 bits per heavy atom. The van der Waals surface area contributed by atoms with Gasteiger partial charge in [0.05, 0.1) is 18.2 Å². The number of rotatable bonds is 4. The molecule has 0 amide bonds. The largest absolute Gasteiger partial charge is 0.469 e. The van der Waals surface area contributed by atoms with Crippen molar-refractivity contribution in [3.05, 3.63) is 28.8 Å². The van der Waals surface area contributed by atoms with E-state index in [-0.39, 0.29) is 5.52 Å². The van der Waals surface area contributed by atoms with E-state index in [1.165, 1.54) is 23.1 Å². The van der Waals surface area contributed by atoms with Crippen LogP contribution in [0.25, 0.3) is 21.7 Å². The minimum Gasteiger partial charge on any atom is -0.398 e. The summed E-state index contributed by atoms with van der Waals surface area (Å²) in [6, 6.07) is 1.47. The van der Waals surface area contributed by atoms with Crippen LogP contribution in [0, 0.1) is 0 Å². The highest BCUT2D eigenvalue weighted by Crippen LogP contribution is 2.39. The first-order valence-electron chi connectivity index (χ1n) is 8.02. The van der Waals surface area contributed by atoms with Gasteiger partial charge >= 0.3 is 7.82 Å². The van der Waals surface area contributed by atoms with Gasteiger partial charge in [0.2, 0.25) is 0 Å². The molecule has 28 heavy (non-hydrogen) atoms. The maximum absolute atomic E-state index is 12.0. The molecule has 0 unspecified atom stereocenters. The van der Waals surface area contributed by atoms with Gasteiger partial charge in [0.25, 0.3) is 5.56 Å². The van der Waals surface area contributed by atoms with Gasteiger partial charge in [-0.15, -0.1) is 0 Å². The average molecular weight is 413 g/mol. The molecule has 1 aliphatic heterocycles. The number of aliphatic hydroxyl groups is 2. The third-order valence-electron chi connectivity index (χ3n) is 4.49. The van der Waals surface area contributed by atoms with Gasteiger partial charge in [-0.1, -0.05) is 0 Å². The third kappa shape index (κ3) is 3.18. The molecule has 0 radical (unpaired) electrons. The molecular formula is C14H16N5O8P. The number of aromatic amines is 1. The van der Waals surface area contributed by atoms with Crippen LogP contribution in [-0.2, 0) is 13.8 Å². The van der Waals surface area contributed by atoms with Crippen LogP contribution < -0.4 is 11.3 Å². The minimum atomic E-state index is -4.78. The smallest absolute Gasteiger partial charge is 0.398 e. The molecule has 150 valence electrons. The summed E-state index contributed by atoms with van der Waals surface area (Å²) >= 11 is 0. The number of hydrogen-bond acceptors (Lipinski definition) is 9. The average Bonchev–Trinajstić information content (AvgIpc) is 3.04. The second-order valence-electron chi connectivity index (χ2n) is 6.33. The number of ether oxygens (including phenoxy) is 1. The van der Waals surface area contributed by atoms with Crippen molar-refractivity contribution in [2.24, 2.45) is 0 Å². The number of nitrogen functional groups attached to an aromatic ring is 1. The van der Waals surface area contributed by atoms with Gasteiger partial charge in [0, 0.05) is 22.7 Å². The molecule has 4 atom stereocenters. The maximum Gasteiger partial charge on any atom is 0.469 e. The minimum absolute atomic E-state index is 0.280. The molecule has 0 saturated carbocycles. The van der Waals surface area contributed by atoms with E-state index in [2.05, 4.69) is 19.8 Å². The summed E-state index contributed by atoms with van der Waals surface area (Å²) in [5.74, 6) is 0. The highest BCUT2D eigenvalue weighted by atomic mass is 31.2. The number of anilines is 1. The topological polar surface area (TPSA) is 206 Å². The van der Waals surface area contributed by atoms with Gasteiger partial charge in [-0.05, 0) is 6.07 Å². The number of nitrogens with zero attached hydrogens (tertiary/aromatic N) is 3. The number of phosphoric acid groups is 1. The van der Waals surface area contributed by atoms with E-state index in [1.54, 1.807) is 0 Å². The Morgan fingerprint density at radius 3 is 2.79 bits per heavy atom. The Hall–Kier alpha value is -2.38. The summed E-state index contributed by atoms with van der Waals surface area (Å²) in [6.07, 6.45) is -2.61. The van der Waals surface area contributed by atoms with Crippen molar-refractivity contribution in [2.75, 3.05) is 12.3 Å². The summed E-state index contributed by atoms with van der Waals surface area (Å²) in [5.41, 5.74) is 6.12. The fraction of sp³-hybridized carbons (Fsp3) is 0.357. The molecule has 7 N–H and O–H groups in total. The monoisotopic (exact) mass is 413 g/mol. The Balaban J connectivity index is 1.75. The number of phosphoric ester groups is 1. The first-order valence-corrected chi connectivity index (χ1v) is 9.55. The van der Waals surface area contributed by atoms with Crippen molar-refractivity contribution in [1.82, 2.24) is 20.0 Å². The maximum atomic E-state index is 12.0. The van der Waals surface area contributed by atoms with Crippen molar-refractivity contribution < 1.29 is 33.8 Å². The number of aromatic nitrogens is 4. The van der Waals surface area contributed by atoms with E-state index < -0.39 is 44.5 Å². The molecule has 13 nitrogen and oxygen atoms in total. The molecule has 3 heterocycles. The van der Waals surface area contributed by atoms with E-state index in [0.717, 1.165) is 0 Å². The van der Waals surface area contributed by atoms with Crippen LogP contribution in [0.3, 0.4) is 0 Å². The van der Waals surface area contributed by atoms with Gasteiger partial charge in [-0.3, -0.25) is 9.32 Å². The number of nitrogens with one attached hydrogen (secondary N) is 1. The summed E-state index contributed by atoms with van der Waals surface area (Å²) in [7, 11) is -4.78. The first-order chi connectivity index (χ1) is 13.2. The zero-order valence-electron chi connectivity index (χ0n) is 14.0. The number of hydrogen-bond donors (Lipinski definition) is 6. The Morgan fingerprint density at radius 1 is 1.32 bits per heavy atom. The SMILES string of the molecule is Nc1cc2c(=O)[nH]ncc3nn([C@@H]4O[C@H](COP(=O)(O)O)[C@@H](O)[C@H]4O)cc1c32. The highest BCUT2D eigenvalue weighted by molar-refractivity contribution is 7.46. The Kier molecular flexibility index (Phi) is 4.47. The fourth-order valence-electron chi connectivity index (χ4n) is 3.21. The Labute approximate surface area is 155 Å². The summed E-state index contributed by atoms with van der Waals surface area (Å²) < 4.78 is 21.9. The van der Waals surface area contributed by atoms with Gasteiger partial charge in [0.15, 0.2) is 6.23 Å². The lowest BCUT2D eigenvalue weighted by Crippen LogP contribution is -2.33.